The highest BCUT2D eigenvalue weighted by molar-refractivity contribution is 6.36. The minimum absolute atomic E-state index is 0.0599. The summed E-state index contributed by atoms with van der Waals surface area (Å²) in [6.45, 7) is 3.44. The first-order valence-electron chi connectivity index (χ1n) is 7.46. The fraction of sp³-hybridized carbons (Fsp3) is 0.222. The van der Waals surface area contributed by atoms with E-state index in [1.807, 2.05) is 0 Å². The molecule has 0 saturated heterocycles. The quantitative estimate of drug-likeness (QED) is 0.733. The molecule has 0 fully saturated rings. The molecule has 0 saturated carbocycles. The zero-order chi connectivity index (χ0) is 17.7. The Morgan fingerprint density at radius 1 is 1.12 bits per heavy atom. The van der Waals surface area contributed by atoms with Crippen LogP contribution in [-0.4, -0.2) is 17.8 Å². The summed E-state index contributed by atoms with van der Waals surface area (Å²) in [5.74, 6) is 0.227. The van der Waals surface area contributed by atoms with Crippen LogP contribution in [0, 0.1) is 0 Å². The van der Waals surface area contributed by atoms with Gasteiger partial charge in [-0.15, -0.1) is 0 Å². The molecule has 0 aliphatic rings. The van der Waals surface area contributed by atoms with Crippen molar-refractivity contribution in [2.45, 2.75) is 26.4 Å². The summed E-state index contributed by atoms with van der Waals surface area (Å²) in [7, 11) is 0. The Bertz CT molecular complexity index is 744. The molecule has 0 unspecified atom stereocenters. The maximum atomic E-state index is 12.2. The van der Waals surface area contributed by atoms with Crippen molar-refractivity contribution in [3.8, 4) is 5.75 Å². The van der Waals surface area contributed by atoms with E-state index in [0.717, 1.165) is 0 Å². The minimum Gasteiger partial charge on any atom is -0.481 e. The predicted octanol–water partition coefficient (Wildman–Crippen LogP) is 4.99. The summed E-state index contributed by atoms with van der Waals surface area (Å²) in [4.78, 5) is 23.8. The predicted molar refractivity (Wildman–Crippen MR) is 96.2 cm³/mol. The van der Waals surface area contributed by atoms with Crippen molar-refractivity contribution in [3.05, 3.63) is 58.1 Å². The number of carbonyl (C=O) groups excluding carboxylic acids is 2. The van der Waals surface area contributed by atoms with E-state index in [-0.39, 0.29) is 11.7 Å². The molecule has 1 N–H and O–H groups in total. The van der Waals surface area contributed by atoms with Crippen molar-refractivity contribution in [3.63, 3.8) is 0 Å². The molecular formula is C18H17Cl2NO3. The number of hydrogen-bond donors (Lipinski definition) is 1. The summed E-state index contributed by atoms with van der Waals surface area (Å²) in [5, 5.41) is 3.53. The highest BCUT2D eigenvalue weighted by atomic mass is 35.5. The third-order valence-corrected chi connectivity index (χ3v) is 3.92. The lowest BCUT2D eigenvalue weighted by Crippen LogP contribution is -2.30. The van der Waals surface area contributed by atoms with Gasteiger partial charge in [-0.3, -0.25) is 9.59 Å². The highest BCUT2D eigenvalue weighted by Crippen LogP contribution is 2.25. The van der Waals surface area contributed by atoms with Crippen molar-refractivity contribution in [1.29, 1.82) is 0 Å². The summed E-state index contributed by atoms with van der Waals surface area (Å²) in [6.07, 6.45) is -0.287. The molecule has 2 aromatic carbocycles. The van der Waals surface area contributed by atoms with E-state index in [9.17, 15) is 9.59 Å². The number of Topliss-reactive ketones (excluding diaryl/α,β-unsaturated/α-hetero) is 1. The second-order valence-corrected chi connectivity index (χ2v) is 6.02. The van der Waals surface area contributed by atoms with Gasteiger partial charge in [0.15, 0.2) is 11.9 Å². The van der Waals surface area contributed by atoms with E-state index in [1.165, 1.54) is 0 Å². The molecule has 2 aromatic rings. The number of benzene rings is 2. The van der Waals surface area contributed by atoms with Crippen LogP contribution in [0.3, 0.4) is 0 Å². The molecule has 0 radical (unpaired) electrons. The van der Waals surface area contributed by atoms with Crippen molar-refractivity contribution < 1.29 is 14.3 Å². The van der Waals surface area contributed by atoms with Gasteiger partial charge in [0, 0.05) is 17.0 Å². The van der Waals surface area contributed by atoms with E-state index in [2.05, 4.69) is 5.32 Å². The zero-order valence-electron chi connectivity index (χ0n) is 13.3. The van der Waals surface area contributed by atoms with Gasteiger partial charge < -0.3 is 10.1 Å². The van der Waals surface area contributed by atoms with Crippen LogP contribution in [0.25, 0.3) is 0 Å². The number of amides is 1. The van der Waals surface area contributed by atoms with Crippen molar-refractivity contribution in [1.82, 2.24) is 0 Å². The summed E-state index contributed by atoms with van der Waals surface area (Å²) in [5.41, 5.74) is 1.08. The lowest BCUT2D eigenvalue weighted by molar-refractivity contribution is -0.122. The number of anilines is 1. The van der Waals surface area contributed by atoms with Gasteiger partial charge in [0.05, 0.1) is 10.7 Å². The number of hydrogen-bond acceptors (Lipinski definition) is 3. The standard InChI is InChI=1S/C18H17Cl2NO3/c1-3-17(22)12-4-7-14(8-5-12)24-11(2)18(23)21-16-9-6-13(19)10-15(16)20/h4-11H,3H2,1-2H3,(H,21,23)/t11-/m0/s1. The van der Waals surface area contributed by atoms with Gasteiger partial charge >= 0.3 is 0 Å². The van der Waals surface area contributed by atoms with Crippen LogP contribution in [0.15, 0.2) is 42.5 Å². The summed E-state index contributed by atoms with van der Waals surface area (Å²) >= 11 is 11.9. The molecule has 24 heavy (non-hydrogen) atoms. The molecule has 0 bridgehead atoms. The number of halogens is 2. The second-order valence-electron chi connectivity index (χ2n) is 5.17. The van der Waals surface area contributed by atoms with E-state index in [1.54, 1.807) is 56.3 Å². The molecule has 0 aliphatic carbocycles. The number of carbonyl (C=O) groups is 2. The fourth-order valence-corrected chi connectivity index (χ4v) is 2.46. The van der Waals surface area contributed by atoms with Gasteiger partial charge in [-0.05, 0) is 49.4 Å². The molecule has 0 aliphatic heterocycles. The van der Waals surface area contributed by atoms with Gasteiger partial charge in [-0.25, -0.2) is 0 Å². The Morgan fingerprint density at radius 2 is 1.79 bits per heavy atom. The highest BCUT2D eigenvalue weighted by Gasteiger charge is 2.16. The molecule has 126 valence electrons. The van der Waals surface area contributed by atoms with Crippen LogP contribution in [0.2, 0.25) is 10.0 Å². The third kappa shape index (κ3) is 4.73. The first-order valence-corrected chi connectivity index (χ1v) is 8.22. The van der Waals surface area contributed by atoms with Crippen LogP contribution in [0.4, 0.5) is 5.69 Å². The molecule has 1 amide bonds. The maximum absolute atomic E-state index is 12.2. The molecule has 0 heterocycles. The van der Waals surface area contributed by atoms with Crippen molar-refractivity contribution >= 4 is 40.6 Å². The fourth-order valence-electron chi connectivity index (χ4n) is 2.01. The summed E-state index contributed by atoms with van der Waals surface area (Å²) in [6, 6.07) is 11.5. The molecular weight excluding hydrogens is 349 g/mol. The average Bonchev–Trinajstić information content (AvgIpc) is 2.57. The van der Waals surface area contributed by atoms with Gasteiger partial charge in [0.25, 0.3) is 5.91 Å². The number of rotatable bonds is 6. The van der Waals surface area contributed by atoms with E-state index in [0.29, 0.717) is 33.5 Å². The van der Waals surface area contributed by atoms with Crippen LogP contribution in [0.1, 0.15) is 30.6 Å². The molecule has 1 atom stereocenters. The topological polar surface area (TPSA) is 55.4 Å². The van der Waals surface area contributed by atoms with E-state index >= 15 is 0 Å². The van der Waals surface area contributed by atoms with E-state index in [4.69, 9.17) is 27.9 Å². The van der Waals surface area contributed by atoms with E-state index < -0.39 is 6.10 Å². The van der Waals surface area contributed by atoms with Gasteiger partial charge in [0.2, 0.25) is 0 Å². The normalized spacial score (nSPS) is 11.7. The first-order chi connectivity index (χ1) is 11.4. The molecule has 0 spiro atoms. The number of ketones is 1. The Morgan fingerprint density at radius 3 is 2.38 bits per heavy atom. The molecule has 6 heteroatoms. The van der Waals surface area contributed by atoms with Gasteiger partial charge in [-0.1, -0.05) is 30.1 Å². The van der Waals surface area contributed by atoms with Crippen molar-refractivity contribution in [2.24, 2.45) is 0 Å². The zero-order valence-corrected chi connectivity index (χ0v) is 14.8. The largest absolute Gasteiger partial charge is 0.481 e. The minimum atomic E-state index is -0.732. The number of ether oxygens (including phenoxy) is 1. The monoisotopic (exact) mass is 365 g/mol. The van der Waals surface area contributed by atoms with Crippen LogP contribution in [0.5, 0.6) is 5.75 Å². The third-order valence-electron chi connectivity index (χ3n) is 3.37. The SMILES string of the molecule is CCC(=O)c1ccc(O[C@@H](C)C(=O)Nc2ccc(Cl)cc2Cl)cc1. The van der Waals surface area contributed by atoms with Crippen molar-refractivity contribution in [2.75, 3.05) is 5.32 Å². The smallest absolute Gasteiger partial charge is 0.265 e. The van der Waals surface area contributed by atoms with Crippen LogP contribution in [-0.2, 0) is 4.79 Å². The Labute approximate surface area is 150 Å². The Hall–Kier alpha value is -2.04. The van der Waals surface area contributed by atoms with Crippen LogP contribution < -0.4 is 10.1 Å². The molecule has 0 aromatic heterocycles. The van der Waals surface area contributed by atoms with Gasteiger partial charge in [-0.2, -0.15) is 0 Å². The molecule has 2 rings (SSSR count). The number of nitrogens with one attached hydrogen (secondary N) is 1. The second kappa shape index (κ2) is 8.18. The molecule has 4 nitrogen and oxygen atoms in total. The Balaban J connectivity index is 1.99. The van der Waals surface area contributed by atoms with Crippen LogP contribution >= 0.6 is 23.2 Å². The maximum Gasteiger partial charge on any atom is 0.265 e. The van der Waals surface area contributed by atoms with Gasteiger partial charge in [0.1, 0.15) is 5.75 Å². The average molecular weight is 366 g/mol. The lowest BCUT2D eigenvalue weighted by Gasteiger charge is -2.15. The summed E-state index contributed by atoms with van der Waals surface area (Å²) < 4.78 is 5.59. The lowest BCUT2D eigenvalue weighted by atomic mass is 10.1. The Kier molecular flexibility index (Phi) is 6.23. The first kappa shape index (κ1) is 18.3.